The van der Waals surface area contributed by atoms with Gasteiger partial charge in [0.25, 0.3) is 5.91 Å². The van der Waals surface area contributed by atoms with E-state index in [-0.39, 0.29) is 55.4 Å². The van der Waals surface area contributed by atoms with Gasteiger partial charge in [-0.05, 0) is 85.4 Å². The SMILES string of the molecule is CCC1=C(C)C(Cc2[nH]c(/C=c3\[nH]/c(=C\C4NC(=O)[C@H](C)[C@H]4/C=C/S)c(C)c3CCC(=O)O)c(CCC(=O)O)c2C)=NC1=O. The summed E-state index contributed by atoms with van der Waals surface area (Å²) in [5.74, 6) is -2.41. The first-order valence-electron chi connectivity index (χ1n) is 14.8. The number of carbonyl (C=O) groups is 4. The molecule has 2 aromatic rings. The molecule has 0 saturated carbocycles. The van der Waals surface area contributed by atoms with Crippen LogP contribution in [0.2, 0.25) is 0 Å². The molecule has 0 spiro atoms. The number of rotatable bonds is 12. The number of H-pyrrole nitrogens is 2. The third-order valence-electron chi connectivity index (χ3n) is 8.88. The second kappa shape index (κ2) is 13.7. The molecule has 5 N–H and O–H groups in total. The van der Waals surface area contributed by atoms with Crippen molar-refractivity contribution in [3.05, 3.63) is 67.0 Å². The molecule has 0 aliphatic carbocycles. The van der Waals surface area contributed by atoms with Crippen LogP contribution in [-0.4, -0.2) is 55.7 Å². The van der Waals surface area contributed by atoms with Crippen molar-refractivity contribution in [1.82, 2.24) is 15.3 Å². The summed E-state index contributed by atoms with van der Waals surface area (Å²) in [6.07, 6.45) is 7.19. The molecule has 10 nitrogen and oxygen atoms in total. The molecule has 0 radical (unpaired) electrons. The molecule has 4 heterocycles. The van der Waals surface area contributed by atoms with Crippen LogP contribution in [0.15, 0.2) is 27.6 Å². The average Bonchev–Trinajstić information content (AvgIpc) is 3.60. The Hall–Kier alpha value is -4.12. The van der Waals surface area contributed by atoms with Crippen LogP contribution in [0, 0.1) is 25.7 Å². The van der Waals surface area contributed by atoms with Crippen LogP contribution >= 0.6 is 12.6 Å². The molecule has 1 saturated heterocycles. The highest BCUT2D eigenvalue weighted by Crippen LogP contribution is 2.27. The van der Waals surface area contributed by atoms with Gasteiger partial charge in [0.15, 0.2) is 0 Å². The topological polar surface area (TPSA) is 165 Å². The number of nitrogens with one attached hydrogen (secondary N) is 3. The number of aliphatic imine (C=N–C) groups is 1. The number of amides is 2. The van der Waals surface area contributed by atoms with Gasteiger partial charge < -0.3 is 25.5 Å². The van der Waals surface area contributed by atoms with Crippen molar-refractivity contribution in [3.63, 3.8) is 0 Å². The van der Waals surface area contributed by atoms with Gasteiger partial charge in [0, 0.05) is 58.8 Å². The summed E-state index contributed by atoms with van der Waals surface area (Å²) in [5.41, 5.74) is 7.26. The molecule has 2 aliphatic heterocycles. The van der Waals surface area contributed by atoms with Crippen LogP contribution in [0.25, 0.3) is 12.2 Å². The molecule has 44 heavy (non-hydrogen) atoms. The molecular formula is C33H40N4O6S. The monoisotopic (exact) mass is 620 g/mol. The Balaban J connectivity index is 1.85. The van der Waals surface area contributed by atoms with Crippen LogP contribution in [-0.2, 0) is 38.4 Å². The lowest BCUT2D eigenvalue weighted by molar-refractivity contribution is -0.138. The normalized spacial score (nSPS) is 21.2. The highest BCUT2D eigenvalue weighted by Gasteiger charge is 2.36. The average molecular weight is 621 g/mol. The van der Waals surface area contributed by atoms with Gasteiger partial charge in [-0.1, -0.05) is 19.9 Å². The molecule has 11 heteroatoms. The Morgan fingerprint density at radius 3 is 2.23 bits per heavy atom. The summed E-state index contributed by atoms with van der Waals surface area (Å²) in [7, 11) is 0. The van der Waals surface area contributed by atoms with Gasteiger partial charge in [0.2, 0.25) is 5.91 Å². The number of carboxylic acids is 2. The first-order valence-corrected chi connectivity index (χ1v) is 15.4. The minimum Gasteiger partial charge on any atom is -0.481 e. The van der Waals surface area contributed by atoms with E-state index in [0.29, 0.717) is 35.2 Å². The molecule has 0 aromatic carbocycles. The maximum Gasteiger partial charge on any atom is 0.303 e. The van der Waals surface area contributed by atoms with E-state index >= 15 is 0 Å². The number of carboxylic acid groups (broad SMARTS) is 2. The predicted molar refractivity (Wildman–Crippen MR) is 172 cm³/mol. The van der Waals surface area contributed by atoms with Crippen molar-refractivity contribution in [2.45, 2.75) is 79.2 Å². The molecule has 1 fully saturated rings. The Morgan fingerprint density at radius 1 is 0.977 bits per heavy atom. The number of aromatic amines is 2. The Morgan fingerprint density at radius 2 is 1.64 bits per heavy atom. The van der Waals surface area contributed by atoms with Gasteiger partial charge in [-0.2, -0.15) is 12.6 Å². The van der Waals surface area contributed by atoms with Gasteiger partial charge >= 0.3 is 11.9 Å². The lowest BCUT2D eigenvalue weighted by Crippen LogP contribution is -2.29. The minimum absolute atomic E-state index is 0.0491. The molecule has 234 valence electrons. The van der Waals surface area contributed by atoms with E-state index in [0.717, 1.165) is 38.9 Å². The third kappa shape index (κ3) is 6.83. The second-order valence-electron chi connectivity index (χ2n) is 11.5. The first-order chi connectivity index (χ1) is 20.9. The molecule has 2 aliphatic rings. The number of nitrogens with zero attached hydrogens (tertiary/aromatic N) is 1. The second-order valence-corrected chi connectivity index (χ2v) is 11.8. The van der Waals surface area contributed by atoms with E-state index < -0.39 is 11.9 Å². The fourth-order valence-corrected chi connectivity index (χ4v) is 6.40. The van der Waals surface area contributed by atoms with E-state index in [2.05, 4.69) is 32.9 Å². The lowest BCUT2D eigenvalue weighted by Gasteiger charge is -2.13. The number of allylic oxidation sites excluding steroid dienone is 1. The number of carbonyl (C=O) groups excluding carboxylic acids is 2. The van der Waals surface area contributed by atoms with Gasteiger partial charge in [-0.15, -0.1) is 0 Å². The maximum absolute atomic E-state index is 12.5. The van der Waals surface area contributed by atoms with Crippen LogP contribution in [0.4, 0.5) is 0 Å². The highest BCUT2D eigenvalue weighted by atomic mass is 32.1. The third-order valence-corrected chi connectivity index (χ3v) is 9.05. The number of hydrogen-bond donors (Lipinski definition) is 6. The van der Waals surface area contributed by atoms with Crippen molar-refractivity contribution in [2.75, 3.05) is 0 Å². The van der Waals surface area contributed by atoms with Crippen molar-refractivity contribution in [3.8, 4) is 0 Å². The Labute approximate surface area is 261 Å². The van der Waals surface area contributed by atoms with Crippen molar-refractivity contribution < 1.29 is 29.4 Å². The highest BCUT2D eigenvalue weighted by molar-refractivity contribution is 7.83. The minimum atomic E-state index is -0.917. The molecular weight excluding hydrogens is 580 g/mol. The van der Waals surface area contributed by atoms with E-state index in [9.17, 15) is 29.4 Å². The lowest BCUT2D eigenvalue weighted by atomic mass is 9.91. The molecule has 2 amide bonds. The smallest absolute Gasteiger partial charge is 0.303 e. The standard InChI is InChI=1S/C33H40N4O6S/c1-6-20-16(2)26(36-33(20)43)13-24-17(3)21(7-9-30(38)39)27(34-24)15-28-22(8-10-31(40)41)18(4)25(35-28)14-29-23(11-12-44)19(5)32(42)37-29/h11-12,14-15,19,23,29,34-35,44H,6-10,13H2,1-5H3,(H,37,42)(H,38,39)(H,40,41)/b12-11+,25-14-,28-15-/t19-,23-,29?/m1/s1. The number of aliphatic carboxylic acids is 2. The molecule has 0 bridgehead atoms. The predicted octanol–water partition coefficient (Wildman–Crippen LogP) is 3.05. The van der Waals surface area contributed by atoms with E-state index in [1.165, 1.54) is 0 Å². The summed E-state index contributed by atoms with van der Waals surface area (Å²) >= 11 is 4.21. The van der Waals surface area contributed by atoms with Crippen LogP contribution < -0.4 is 16.0 Å². The summed E-state index contributed by atoms with van der Waals surface area (Å²) in [6.45, 7) is 9.56. The maximum atomic E-state index is 12.5. The zero-order chi connectivity index (χ0) is 32.3. The zero-order valence-electron chi connectivity index (χ0n) is 25.7. The summed E-state index contributed by atoms with van der Waals surface area (Å²) in [6, 6.07) is -0.275. The summed E-state index contributed by atoms with van der Waals surface area (Å²) < 4.78 is 0. The van der Waals surface area contributed by atoms with E-state index in [1.54, 1.807) is 5.41 Å². The van der Waals surface area contributed by atoms with Crippen molar-refractivity contribution >= 4 is 54.2 Å². The molecule has 1 unspecified atom stereocenters. The van der Waals surface area contributed by atoms with Gasteiger partial charge in [-0.25, -0.2) is 4.99 Å². The van der Waals surface area contributed by atoms with Crippen LogP contribution in [0.3, 0.4) is 0 Å². The van der Waals surface area contributed by atoms with Gasteiger partial charge in [0.05, 0.1) is 11.8 Å². The first kappa shape index (κ1) is 32.8. The van der Waals surface area contributed by atoms with Gasteiger partial charge in [0.1, 0.15) is 0 Å². The zero-order valence-corrected chi connectivity index (χ0v) is 26.6. The quantitative estimate of drug-likeness (QED) is 0.200. The van der Waals surface area contributed by atoms with Crippen molar-refractivity contribution in [1.29, 1.82) is 0 Å². The number of aromatic nitrogens is 2. The largest absolute Gasteiger partial charge is 0.481 e. The fraction of sp³-hybridized carbons (Fsp3) is 0.424. The summed E-state index contributed by atoms with van der Waals surface area (Å²) in [4.78, 5) is 59.1. The fourth-order valence-electron chi connectivity index (χ4n) is 6.20. The van der Waals surface area contributed by atoms with E-state index in [4.69, 9.17) is 0 Å². The van der Waals surface area contributed by atoms with Crippen LogP contribution in [0.5, 0.6) is 0 Å². The van der Waals surface area contributed by atoms with E-state index in [1.807, 2.05) is 52.8 Å². The van der Waals surface area contributed by atoms with Crippen molar-refractivity contribution in [2.24, 2.45) is 16.8 Å². The Kier molecular flexibility index (Phi) is 10.2. The van der Waals surface area contributed by atoms with Crippen LogP contribution in [0.1, 0.15) is 73.7 Å². The molecule has 2 aromatic heterocycles. The molecule has 4 rings (SSSR count). The summed E-state index contributed by atoms with van der Waals surface area (Å²) in [5, 5.41) is 25.1. The number of thiol groups is 1. The molecule has 3 atom stereocenters. The van der Waals surface area contributed by atoms with Gasteiger partial charge in [-0.3, -0.25) is 19.2 Å². The number of hydrogen-bond acceptors (Lipinski definition) is 5. The Bertz CT molecular complexity index is 1720.